The first-order valence-electron chi connectivity index (χ1n) is 9.92. The third kappa shape index (κ3) is 3.26. The van der Waals surface area contributed by atoms with Gasteiger partial charge in [-0.15, -0.1) is 0 Å². The number of carbonyl (C=O) groups excluding carboxylic acids is 1. The fourth-order valence-electron chi connectivity index (χ4n) is 3.84. The van der Waals surface area contributed by atoms with Gasteiger partial charge in [0.05, 0.1) is 34.1 Å². The highest BCUT2D eigenvalue weighted by atomic mass is 16.5. The van der Waals surface area contributed by atoms with E-state index in [1.807, 2.05) is 56.4 Å². The molecular weight excluding hydrogens is 382 g/mol. The molecule has 0 saturated carbocycles. The van der Waals surface area contributed by atoms with E-state index in [4.69, 9.17) is 4.52 Å². The Bertz CT molecular complexity index is 1250. The standard InChI is InChI=1S/C21H25N7O2/c1-7-28-9-8-16(25-28)17-10-15(19-13(4)26-30-21(19)23-17)20(29)22-11(2)18-12(3)24-27(6)14(18)5/h8-11H,7H2,1-6H3,(H,22,29). The first-order chi connectivity index (χ1) is 14.3. The Kier molecular flexibility index (Phi) is 4.89. The van der Waals surface area contributed by atoms with Crippen molar-refractivity contribution < 1.29 is 9.32 Å². The molecule has 30 heavy (non-hydrogen) atoms. The molecule has 0 aromatic carbocycles. The molecule has 1 atom stereocenters. The Morgan fingerprint density at radius 3 is 2.60 bits per heavy atom. The van der Waals surface area contributed by atoms with Crippen molar-refractivity contribution in [1.82, 2.24) is 35.0 Å². The van der Waals surface area contributed by atoms with Crippen molar-refractivity contribution >= 4 is 17.0 Å². The number of nitrogens with zero attached hydrogens (tertiary/aromatic N) is 6. The minimum atomic E-state index is -0.222. The summed E-state index contributed by atoms with van der Waals surface area (Å²) >= 11 is 0. The van der Waals surface area contributed by atoms with Gasteiger partial charge in [-0.2, -0.15) is 10.2 Å². The van der Waals surface area contributed by atoms with Crippen molar-refractivity contribution in [2.75, 3.05) is 0 Å². The minimum Gasteiger partial charge on any atom is -0.345 e. The second-order valence-electron chi connectivity index (χ2n) is 7.46. The Morgan fingerprint density at radius 1 is 1.20 bits per heavy atom. The lowest BCUT2D eigenvalue weighted by atomic mass is 10.0. The number of hydrogen-bond acceptors (Lipinski definition) is 6. The average molecular weight is 407 g/mol. The molecule has 1 N–H and O–H groups in total. The van der Waals surface area contributed by atoms with Crippen LogP contribution in [0.1, 0.15) is 52.9 Å². The van der Waals surface area contributed by atoms with Crippen molar-refractivity contribution in [2.45, 2.75) is 47.2 Å². The van der Waals surface area contributed by atoms with Gasteiger partial charge >= 0.3 is 0 Å². The summed E-state index contributed by atoms with van der Waals surface area (Å²) in [6, 6.07) is 3.41. The van der Waals surface area contributed by atoms with E-state index in [0.717, 1.165) is 23.5 Å². The lowest BCUT2D eigenvalue weighted by Crippen LogP contribution is -2.27. The van der Waals surface area contributed by atoms with Gasteiger partial charge in [-0.25, -0.2) is 4.98 Å². The normalized spacial score (nSPS) is 12.5. The first-order valence-corrected chi connectivity index (χ1v) is 9.92. The lowest BCUT2D eigenvalue weighted by molar-refractivity contribution is 0.0941. The molecule has 1 amide bonds. The van der Waals surface area contributed by atoms with Crippen molar-refractivity contribution in [3.63, 3.8) is 0 Å². The van der Waals surface area contributed by atoms with Crippen LogP contribution in [-0.2, 0) is 13.6 Å². The average Bonchev–Trinajstić information content (AvgIpc) is 3.39. The Hall–Kier alpha value is -3.49. The molecule has 156 valence electrons. The molecule has 0 spiro atoms. The molecule has 0 fully saturated rings. The molecule has 0 aliphatic rings. The maximum absolute atomic E-state index is 13.3. The maximum atomic E-state index is 13.3. The summed E-state index contributed by atoms with van der Waals surface area (Å²) in [6.07, 6.45) is 1.88. The van der Waals surface area contributed by atoms with E-state index in [1.165, 1.54) is 0 Å². The summed E-state index contributed by atoms with van der Waals surface area (Å²) < 4.78 is 9.01. The van der Waals surface area contributed by atoms with Crippen molar-refractivity contribution in [2.24, 2.45) is 7.05 Å². The molecule has 4 rings (SSSR count). The van der Waals surface area contributed by atoms with Crippen molar-refractivity contribution in [3.8, 4) is 11.4 Å². The highest BCUT2D eigenvalue weighted by molar-refractivity contribution is 6.07. The van der Waals surface area contributed by atoms with Gasteiger partial charge in [-0.05, 0) is 46.8 Å². The predicted molar refractivity (Wildman–Crippen MR) is 112 cm³/mol. The van der Waals surface area contributed by atoms with Crippen LogP contribution in [-0.4, -0.2) is 35.6 Å². The molecule has 0 bridgehead atoms. The van der Waals surface area contributed by atoms with Crippen LogP contribution < -0.4 is 5.32 Å². The van der Waals surface area contributed by atoms with E-state index in [1.54, 1.807) is 13.0 Å². The summed E-state index contributed by atoms with van der Waals surface area (Å²) in [5, 5.41) is 16.7. The van der Waals surface area contributed by atoms with Crippen molar-refractivity contribution in [1.29, 1.82) is 0 Å². The zero-order valence-electron chi connectivity index (χ0n) is 18.0. The summed E-state index contributed by atoms with van der Waals surface area (Å²) in [7, 11) is 1.90. The molecular formula is C21H25N7O2. The van der Waals surface area contributed by atoms with Gasteiger partial charge in [-0.3, -0.25) is 14.2 Å². The van der Waals surface area contributed by atoms with Gasteiger partial charge in [0.15, 0.2) is 0 Å². The summed E-state index contributed by atoms with van der Waals surface area (Å²) in [5.41, 5.74) is 5.58. The van der Waals surface area contributed by atoms with Crippen LogP contribution in [0.4, 0.5) is 0 Å². The third-order valence-corrected chi connectivity index (χ3v) is 5.43. The molecule has 4 heterocycles. The van der Waals surface area contributed by atoms with E-state index in [2.05, 4.69) is 25.7 Å². The van der Waals surface area contributed by atoms with Gasteiger partial charge in [0.2, 0.25) is 0 Å². The van der Waals surface area contributed by atoms with Gasteiger partial charge < -0.3 is 9.84 Å². The zero-order valence-corrected chi connectivity index (χ0v) is 18.0. The van der Waals surface area contributed by atoms with E-state index >= 15 is 0 Å². The van der Waals surface area contributed by atoms with Crippen LogP contribution in [0.5, 0.6) is 0 Å². The third-order valence-electron chi connectivity index (χ3n) is 5.43. The van der Waals surface area contributed by atoms with Crippen LogP contribution in [0.3, 0.4) is 0 Å². The molecule has 9 nitrogen and oxygen atoms in total. The van der Waals surface area contributed by atoms with Crippen LogP contribution in [0, 0.1) is 20.8 Å². The summed E-state index contributed by atoms with van der Waals surface area (Å²) in [6.45, 7) is 10.5. The van der Waals surface area contributed by atoms with Crippen LogP contribution in [0.25, 0.3) is 22.5 Å². The van der Waals surface area contributed by atoms with E-state index < -0.39 is 0 Å². The highest BCUT2D eigenvalue weighted by Crippen LogP contribution is 2.27. The number of rotatable bonds is 5. The van der Waals surface area contributed by atoms with Gasteiger partial charge in [0.1, 0.15) is 5.69 Å². The first kappa shape index (κ1) is 19.8. The monoisotopic (exact) mass is 407 g/mol. The van der Waals surface area contributed by atoms with Crippen LogP contribution >= 0.6 is 0 Å². The van der Waals surface area contributed by atoms with Crippen molar-refractivity contribution in [3.05, 3.63) is 46.5 Å². The number of pyridine rings is 1. The SMILES string of the molecule is CCn1ccc(-c2cc(C(=O)NC(C)c3c(C)nn(C)c3C)c3c(C)noc3n2)n1. The Morgan fingerprint density at radius 2 is 1.97 bits per heavy atom. The number of amides is 1. The number of aromatic nitrogens is 6. The molecule has 4 aromatic rings. The number of nitrogens with one attached hydrogen (secondary N) is 1. The largest absolute Gasteiger partial charge is 0.345 e. The van der Waals surface area contributed by atoms with E-state index in [9.17, 15) is 4.79 Å². The number of fused-ring (bicyclic) bond motifs is 1. The molecule has 4 aromatic heterocycles. The van der Waals surface area contributed by atoms with Gasteiger partial charge in [0, 0.05) is 31.0 Å². The predicted octanol–water partition coefficient (Wildman–Crippen LogP) is 3.26. The van der Waals surface area contributed by atoms with Crippen LogP contribution in [0.15, 0.2) is 22.9 Å². The fraction of sp³-hybridized carbons (Fsp3) is 0.381. The maximum Gasteiger partial charge on any atom is 0.259 e. The second-order valence-corrected chi connectivity index (χ2v) is 7.46. The fourth-order valence-corrected chi connectivity index (χ4v) is 3.84. The van der Waals surface area contributed by atoms with Crippen LogP contribution in [0.2, 0.25) is 0 Å². The number of aryl methyl sites for hydroxylation is 4. The van der Waals surface area contributed by atoms with Gasteiger partial charge in [-0.1, -0.05) is 5.16 Å². The quantitative estimate of drug-likeness (QED) is 0.545. The van der Waals surface area contributed by atoms with E-state index in [0.29, 0.717) is 33.7 Å². The molecule has 0 saturated heterocycles. The Labute approximate surface area is 174 Å². The molecule has 0 aliphatic carbocycles. The minimum absolute atomic E-state index is 0.211. The summed E-state index contributed by atoms with van der Waals surface area (Å²) in [5.74, 6) is -0.222. The Balaban J connectivity index is 1.75. The molecule has 0 radical (unpaired) electrons. The molecule has 9 heteroatoms. The number of hydrogen-bond donors (Lipinski definition) is 1. The van der Waals surface area contributed by atoms with Gasteiger partial charge in [0.25, 0.3) is 11.6 Å². The smallest absolute Gasteiger partial charge is 0.259 e. The molecule has 1 unspecified atom stereocenters. The molecule has 0 aliphatic heterocycles. The highest BCUT2D eigenvalue weighted by Gasteiger charge is 2.23. The second kappa shape index (κ2) is 7.40. The lowest BCUT2D eigenvalue weighted by Gasteiger charge is -2.15. The topological polar surface area (TPSA) is 104 Å². The summed E-state index contributed by atoms with van der Waals surface area (Å²) in [4.78, 5) is 17.8. The van der Waals surface area contributed by atoms with E-state index in [-0.39, 0.29) is 11.9 Å². The zero-order chi connectivity index (χ0) is 21.6. The number of carbonyl (C=O) groups is 1.